The predicted octanol–water partition coefficient (Wildman–Crippen LogP) is 2.63. The summed E-state index contributed by atoms with van der Waals surface area (Å²) in [6.07, 6.45) is 1.52. The van der Waals surface area contributed by atoms with Gasteiger partial charge in [0.05, 0.1) is 6.33 Å². The van der Waals surface area contributed by atoms with Crippen LogP contribution in [0.25, 0.3) is 11.2 Å². The number of H-pyrrole nitrogens is 1. The van der Waals surface area contributed by atoms with Crippen molar-refractivity contribution >= 4 is 17.1 Å². The molecule has 0 aliphatic carbocycles. The maximum Gasteiger partial charge on any atom is 0.250 e. The van der Waals surface area contributed by atoms with Gasteiger partial charge in [0, 0.05) is 7.05 Å². The van der Waals surface area contributed by atoms with Crippen molar-refractivity contribution in [2.45, 2.75) is 6.92 Å². The SMILES string of the molecule is CNc1nc(Oc2ccc(F)cc2C)c2[nH]cnc2n1. The molecule has 6 nitrogen and oxygen atoms in total. The fourth-order valence-corrected chi connectivity index (χ4v) is 1.82. The van der Waals surface area contributed by atoms with E-state index in [1.807, 2.05) is 0 Å². The van der Waals surface area contributed by atoms with Gasteiger partial charge in [0.25, 0.3) is 5.88 Å². The van der Waals surface area contributed by atoms with E-state index in [4.69, 9.17) is 4.74 Å². The predicted molar refractivity (Wildman–Crippen MR) is 72.4 cm³/mol. The van der Waals surface area contributed by atoms with Gasteiger partial charge in [-0.1, -0.05) is 0 Å². The maximum absolute atomic E-state index is 13.1. The molecule has 3 rings (SSSR count). The summed E-state index contributed by atoms with van der Waals surface area (Å²) in [7, 11) is 1.71. The van der Waals surface area contributed by atoms with E-state index in [9.17, 15) is 4.39 Å². The van der Waals surface area contributed by atoms with Crippen molar-refractivity contribution in [3.63, 3.8) is 0 Å². The Balaban J connectivity index is 2.07. The molecule has 2 aromatic heterocycles. The second kappa shape index (κ2) is 4.76. The lowest BCUT2D eigenvalue weighted by Crippen LogP contribution is -2.00. The van der Waals surface area contributed by atoms with Crippen LogP contribution in [-0.2, 0) is 0 Å². The third-order valence-corrected chi connectivity index (χ3v) is 2.82. The quantitative estimate of drug-likeness (QED) is 0.767. The summed E-state index contributed by atoms with van der Waals surface area (Å²) < 4.78 is 18.9. The number of halogens is 1. The van der Waals surface area contributed by atoms with Crippen LogP contribution >= 0.6 is 0 Å². The van der Waals surface area contributed by atoms with Crippen molar-refractivity contribution in [3.8, 4) is 11.6 Å². The zero-order valence-corrected chi connectivity index (χ0v) is 10.9. The zero-order chi connectivity index (χ0) is 14.1. The van der Waals surface area contributed by atoms with Crippen molar-refractivity contribution in [1.29, 1.82) is 0 Å². The van der Waals surface area contributed by atoms with E-state index in [1.165, 1.54) is 18.5 Å². The molecular formula is C13H12FN5O. The number of aromatic nitrogens is 4. The largest absolute Gasteiger partial charge is 0.437 e. The van der Waals surface area contributed by atoms with E-state index >= 15 is 0 Å². The molecule has 0 amide bonds. The van der Waals surface area contributed by atoms with Gasteiger partial charge in [-0.05, 0) is 30.7 Å². The molecule has 0 unspecified atom stereocenters. The van der Waals surface area contributed by atoms with Crippen LogP contribution in [0.4, 0.5) is 10.3 Å². The first-order valence-corrected chi connectivity index (χ1v) is 6.00. The molecule has 3 aromatic rings. The summed E-state index contributed by atoms with van der Waals surface area (Å²) in [5.74, 6) is 0.967. The third kappa shape index (κ3) is 2.13. The monoisotopic (exact) mass is 273 g/mol. The first-order valence-electron chi connectivity index (χ1n) is 6.00. The number of nitrogens with zero attached hydrogens (tertiary/aromatic N) is 3. The van der Waals surface area contributed by atoms with Crippen LogP contribution in [-0.4, -0.2) is 27.0 Å². The van der Waals surface area contributed by atoms with E-state index in [2.05, 4.69) is 25.3 Å². The number of imidazole rings is 1. The second-order valence-electron chi connectivity index (χ2n) is 4.22. The Morgan fingerprint density at radius 1 is 1.30 bits per heavy atom. The topological polar surface area (TPSA) is 75.7 Å². The zero-order valence-electron chi connectivity index (χ0n) is 10.9. The average Bonchev–Trinajstić information content (AvgIpc) is 2.90. The summed E-state index contributed by atoms with van der Waals surface area (Å²) in [6.45, 7) is 1.77. The highest BCUT2D eigenvalue weighted by atomic mass is 19.1. The van der Waals surface area contributed by atoms with E-state index in [0.29, 0.717) is 34.3 Å². The molecule has 2 heterocycles. The van der Waals surface area contributed by atoms with Crippen LogP contribution in [0, 0.1) is 12.7 Å². The van der Waals surface area contributed by atoms with Gasteiger partial charge < -0.3 is 15.0 Å². The van der Waals surface area contributed by atoms with Gasteiger partial charge in [0.15, 0.2) is 5.65 Å². The number of nitrogens with one attached hydrogen (secondary N) is 2. The molecule has 20 heavy (non-hydrogen) atoms. The summed E-state index contributed by atoms with van der Waals surface area (Å²) >= 11 is 0. The van der Waals surface area contributed by atoms with Gasteiger partial charge in [0.1, 0.15) is 17.1 Å². The van der Waals surface area contributed by atoms with Crippen molar-refractivity contribution in [3.05, 3.63) is 35.9 Å². The first kappa shape index (κ1) is 12.3. The number of hydrogen-bond donors (Lipinski definition) is 2. The number of ether oxygens (including phenoxy) is 1. The van der Waals surface area contributed by atoms with Gasteiger partial charge in [0.2, 0.25) is 5.95 Å². The Hall–Kier alpha value is -2.70. The van der Waals surface area contributed by atoms with Gasteiger partial charge in [-0.3, -0.25) is 0 Å². The number of anilines is 1. The Labute approximate surface area is 114 Å². The highest BCUT2D eigenvalue weighted by Crippen LogP contribution is 2.28. The highest BCUT2D eigenvalue weighted by Gasteiger charge is 2.12. The highest BCUT2D eigenvalue weighted by molar-refractivity contribution is 5.77. The molecule has 0 saturated carbocycles. The number of aromatic amines is 1. The smallest absolute Gasteiger partial charge is 0.250 e. The molecule has 0 atom stereocenters. The van der Waals surface area contributed by atoms with E-state index in [1.54, 1.807) is 20.0 Å². The van der Waals surface area contributed by atoms with E-state index < -0.39 is 0 Å². The molecule has 0 radical (unpaired) electrons. The lowest BCUT2D eigenvalue weighted by molar-refractivity contribution is 0.462. The minimum Gasteiger partial charge on any atom is -0.437 e. The first-order chi connectivity index (χ1) is 9.67. The lowest BCUT2D eigenvalue weighted by Gasteiger charge is -2.09. The average molecular weight is 273 g/mol. The van der Waals surface area contributed by atoms with Gasteiger partial charge >= 0.3 is 0 Å². The van der Waals surface area contributed by atoms with Crippen molar-refractivity contribution in [1.82, 2.24) is 19.9 Å². The summed E-state index contributed by atoms with van der Waals surface area (Å²) in [4.78, 5) is 15.4. The standard InChI is InChI=1S/C13H12FN5O/c1-7-5-8(14)3-4-9(7)20-12-10-11(17-6-16-10)18-13(15-2)19-12/h3-6H,1-2H3,(H2,15,16,17,18,19). The second-order valence-corrected chi connectivity index (χ2v) is 4.22. The number of fused-ring (bicyclic) bond motifs is 1. The van der Waals surface area contributed by atoms with Gasteiger partial charge in [-0.25, -0.2) is 9.37 Å². The molecular weight excluding hydrogens is 261 g/mol. The van der Waals surface area contributed by atoms with Crippen molar-refractivity contribution < 1.29 is 9.13 Å². The van der Waals surface area contributed by atoms with Crippen LogP contribution in [0.15, 0.2) is 24.5 Å². The van der Waals surface area contributed by atoms with Crippen LogP contribution < -0.4 is 10.1 Å². The number of benzene rings is 1. The van der Waals surface area contributed by atoms with Crippen molar-refractivity contribution in [2.75, 3.05) is 12.4 Å². The Morgan fingerprint density at radius 3 is 2.90 bits per heavy atom. The van der Waals surface area contributed by atoms with Crippen LogP contribution in [0.2, 0.25) is 0 Å². The van der Waals surface area contributed by atoms with Gasteiger partial charge in [-0.2, -0.15) is 9.97 Å². The Bertz CT molecular complexity index is 771. The van der Waals surface area contributed by atoms with Crippen LogP contribution in [0.1, 0.15) is 5.56 Å². The molecule has 0 aliphatic heterocycles. The van der Waals surface area contributed by atoms with Crippen LogP contribution in [0.3, 0.4) is 0 Å². The maximum atomic E-state index is 13.1. The van der Waals surface area contributed by atoms with E-state index in [-0.39, 0.29) is 5.82 Å². The van der Waals surface area contributed by atoms with Crippen LogP contribution in [0.5, 0.6) is 11.6 Å². The number of rotatable bonds is 3. The summed E-state index contributed by atoms with van der Waals surface area (Å²) in [5.41, 5.74) is 1.77. The molecule has 102 valence electrons. The molecule has 0 bridgehead atoms. The minimum absolute atomic E-state index is 0.305. The van der Waals surface area contributed by atoms with Crippen molar-refractivity contribution in [2.24, 2.45) is 0 Å². The number of hydrogen-bond acceptors (Lipinski definition) is 5. The molecule has 0 aliphatic rings. The molecule has 0 fully saturated rings. The molecule has 0 saturated heterocycles. The molecule has 7 heteroatoms. The molecule has 1 aromatic carbocycles. The summed E-state index contributed by atoms with van der Waals surface area (Å²) in [6, 6.07) is 4.31. The van der Waals surface area contributed by atoms with E-state index in [0.717, 1.165) is 0 Å². The fourth-order valence-electron chi connectivity index (χ4n) is 1.82. The number of aryl methyl sites for hydroxylation is 1. The minimum atomic E-state index is -0.305. The third-order valence-electron chi connectivity index (χ3n) is 2.82. The normalized spacial score (nSPS) is 10.8. The van der Waals surface area contributed by atoms with Gasteiger partial charge in [-0.15, -0.1) is 0 Å². The molecule has 2 N–H and O–H groups in total. The summed E-state index contributed by atoms with van der Waals surface area (Å²) in [5, 5.41) is 2.84. The Kier molecular flexibility index (Phi) is 2.94. The lowest BCUT2D eigenvalue weighted by atomic mass is 10.2. The molecule has 0 spiro atoms. The Morgan fingerprint density at radius 2 is 2.15 bits per heavy atom. The fraction of sp³-hybridized carbons (Fsp3) is 0.154.